The van der Waals surface area contributed by atoms with Gasteiger partial charge in [0.05, 0.1) is 0 Å². The Morgan fingerprint density at radius 3 is 2.23 bits per heavy atom. The molecule has 0 saturated heterocycles. The van der Waals surface area contributed by atoms with E-state index in [2.05, 4.69) is 79.5 Å². The number of benzene rings is 2. The predicted molar refractivity (Wildman–Crippen MR) is 98.4 cm³/mol. The van der Waals surface area contributed by atoms with Gasteiger partial charge in [-0.05, 0) is 59.9 Å². The van der Waals surface area contributed by atoms with Crippen molar-refractivity contribution in [2.24, 2.45) is 0 Å². The molecule has 0 unspecified atom stereocenters. The van der Waals surface area contributed by atoms with Crippen LogP contribution in [0.3, 0.4) is 0 Å². The first-order valence-corrected chi connectivity index (χ1v) is 7.56. The summed E-state index contributed by atoms with van der Waals surface area (Å²) in [5, 5.41) is 3.14. The Labute approximate surface area is 133 Å². The van der Waals surface area contributed by atoms with Crippen LogP contribution in [-0.4, -0.2) is 7.05 Å². The highest BCUT2D eigenvalue weighted by Gasteiger charge is 2.07. The van der Waals surface area contributed by atoms with Crippen LogP contribution >= 0.6 is 0 Å². The van der Waals surface area contributed by atoms with Gasteiger partial charge < -0.3 is 5.32 Å². The highest BCUT2D eigenvalue weighted by Crippen LogP contribution is 2.28. The van der Waals surface area contributed by atoms with Crippen molar-refractivity contribution in [3.8, 4) is 11.1 Å². The van der Waals surface area contributed by atoms with Gasteiger partial charge in [-0.2, -0.15) is 0 Å². The molecule has 0 heterocycles. The number of hydrogen-bond acceptors (Lipinski definition) is 1. The van der Waals surface area contributed by atoms with Crippen LogP contribution < -0.4 is 5.32 Å². The Hall–Kier alpha value is -2.54. The fraction of sp³-hybridized carbons (Fsp3) is 0.143. The Bertz CT molecular complexity index is 706. The molecule has 0 aliphatic heterocycles. The van der Waals surface area contributed by atoms with Crippen molar-refractivity contribution in [1.82, 2.24) is 5.32 Å². The molecule has 0 saturated carbocycles. The van der Waals surface area contributed by atoms with E-state index in [1.54, 1.807) is 0 Å². The molecule has 0 amide bonds. The van der Waals surface area contributed by atoms with E-state index < -0.39 is 0 Å². The minimum absolute atomic E-state index is 0.926. The van der Waals surface area contributed by atoms with Gasteiger partial charge in [-0.25, -0.2) is 0 Å². The summed E-state index contributed by atoms with van der Waals surface area (Å²) in [6.45, 7) is 8.21. The molecule has 0 spiro atoms. The second kappa shape index (κ2) is 7.46. The molecule has 0 aromatic heterocycles. The summed E-state index contributed by atoms with van der Waals surface area (Å²) in [5.74, 6) is 0. The van der Waals surface area contributed by atoms with E-state index in [9.17, 15) is 0 Å². The summed E-state index contributed by atoms with van der Waals surface area (Å²) in [5.41, 5.74) is 6.87. The molecule has 1 heteroatoms. The highest BCUT2D eigenvalue weighted by molar-refractivity contribution is 5.81. The van der Waals surface area contributed by atoms with Crippen molar-refractivity contribution < 1.29 is 0 Å². The fourth-order valence-electron chi connectivity index (χ4n) is 2.45. The molecule has 0 bridgehead atoms. The van der Waals surface area contributed by atoms with Crippen molar-refractivity contribution in [3.63, 3.8) is 0 Å². The normalized spacial score (nSPS) is 11.7. The largest absolute Gasteiger partial charge is 0.388 e. The topological polar surface area (TPSA) is 12.0 Å². The van der Waals surface area contributed by atoms with Crippen LogP contribution in [0.5, 0.6) is 0 Å². The lowest BCUT2D eigenvalue weighted by Crippen LogP contribution is -2.03. The Morgan fingerprint density at radius 2 is 1.64 bits per heavy atom. The van der Waals surface area contributed by atoms with Gasteiger partial charge >= 0.3 is 0 Å². The van der Waals surface area contributed by atoms with Crippen LogP contribution in [-0.2, 0) is 0 Å². The molecule has 112 valence electrons. The zero-order valence-electron chi connectivity index (χ0n) is 13.6. The van der Waals surface area contributed by atoms with Gasteiger partial charge in [-0.3, -0.25) is 0 Å². The molecular formula is C21H23N. The number of nitrogens with one attached hydrogen (secondary N) is 1. The van der Waals surface area contributed by atoms with E-state index in [1.807, 2.05) is 20.0 Å². The molecule has 0 fully saturated rings. The molecule has 0 aliphatic carbocycles. The Morgan fingerprint density at radius 1 is 0.955 bits per heavy atom. The van der Waals surface area contributed by atoms with E-state index in [0.717, 1.165) is 11.3 Å². The maximum Gasteiger partial charge on any atom is 0.0338 e. The van der Waals surface area contributed by atoms with Crippen LogP contribution in [0.4, 0.5) is 0 Å². The predicted octanol–water partition coefficient (Wildman–Crippen LogP) is 5.52. The van der Waals surface area contributed by atoms with Crippen molar-refractivity contribution in [2.45, 2.75) is 13.8 Å². The molecule has 2 rings (SSSR count). The maximum absolute atomic E-state index is 4.10. The zero-order valence-corrected chi connectivity index (χ0v) is 13.6. The molecule has 1 N–H and O–H groups in total. The summed E-state index contributed by atoms with van der Waals surface area (Å²) < 4.78 is 0. The van der Waals surface area contributed by atoms with E-state index in [-0.39, 0.29) is 0 Å². The van der Waals surface area contributed by atoms with E-state index in [1.165, 1.54) is 22.3 Å². The van der Waals surface area contributed by atoms with Gasteiger partial charge in [-0.15, -0.1) is 0 Å². The number of allylic oxidation sites excluding steroid dienone is 4. The summed E-state index contributed by atoms with van der Waals surface area (Å²) in [4.78, 5) is 0. The second-order valence-corrected chi connectivity index (χ2v) is 5.14. The molecule has 2 aromatic carbocycles. The van der Waals surface area contributed by atoms with Gasteiger partial charge in [0, 0.05) is 12.7 Å². The quantitative estimate of drug-likeness (QED) is 0.714. The maximum atomic E-state index is 4.10. The first kappa shape index (κ1) is 15.8. The van der Waals surface area contributed by atoms with Gasteiger partial charge in [0.1, 0.15) is 0 Å². The SMILES string of the molecule is C=C(NC)c1cc(C(/C=C\C)=C/C)cc(-c2ccccc2)c1. The average Bonchev–Trinajstić information content (AvgIpc) is 2.59. The van der Waals surface area contributed by atoms with E-state index >= 15 is 0 Å². The molecule has 1 nitrogen and oxygen atoms in total. The first-order valence-electron chi connectivity index (χ1n) is 7.56. The zero-order chi connectivity index (χ0) is 15.9. The third-order valence-corrected chi connectivity index (χ3v) is 3.68. The van der Waals surface area contributed by atoms with Crippen molar-refractivity contribution in [1.29, 1.82) is 0 Å². The van der Waals surface area contributed by atoms with Crippen LogP contribution in [0.25, 0.3) is 22.4 Å². The Kier molecular flexibility index (Phi) is 5.37. The average molecular weight is 289 g/mol. The van der Waals surface area contributed by atoms with Crippen molar-refractivity contribution in [2.75, 3.05) is 7.05 Å². The lowest BCUT2D eigenvalue weighted by atomic mass is 9.95. The minimum atomic E-state index is 0.926. The lowest BCUT2D eigenvalue weighted by Gasteiger charge is -2.13. The minimum Gasteiger partial charge on any atom is -0.388 e. The molecule has 0 atom stereocenters. The van der Waals surface area contributed by atoms with Crippen LogP contribution in [0.15, 0.2) is 73.3 Å². The molecule has 2 aromatic rings. The van der Waals surface area contributed by atoms with Crippen LogP contribution in [0, 0.1) is 0 Å². The third kappa shape index (κ3) is 3.56. The van der Waals surface area contributed by atoms with Crippen LogP contribution in [0.2, 0.25) is 0 Å². The van der Waals surface area contributed by atoms with Gasteiger partial charge in [0.2, 0.25) is 0 Å². The van der Waals surface area contributed by atoms with Gasteiger partial charge in [0.15, 0.2) is 0 Å². The number of rotatable bonds is 5. The number of hydrogen-bond donors (Lipinski definition) is 1. The second-order valence-electron chi connectivity index (χ2n) is 5.14. The van der Waals surface area contributed by atoms with Crippen LogP contribution in [0.1, 0.15) is 25.0 Å². The summed E-state index contributed by atoms with van der Waals surface area (Å²) >= 11 is 0. The monoisotopic (exact) mass is 289 g/mol. The van der Waals surface area contributed by atoms with E-state index in [0.29, 0.717) is 0 Å². The molecule has 0 radical (unpaired) electrons. The smallest absolute Gasteiger partial charge is 0.0338 e. The van der Waals surface area contributed by atoms with E-state index in [4.69, 9.17) is 0 Å². The molecule has 0 aliphatic rings. The fourth-order valence-corrected chi connectivity index (χ4v) is 2.45. The lowest BCUT2D eigenvalue weighted by molar-refractivity contribution is 1.13. The summed E-state index contributed by atoms with van der Waals surface area (Å²) in [6.07, 6.45) is 6.34. The molecular weight excluding hydrogens is 266 g/mol. The third-order valence-electron chi connectivity index (χ3n) is 3.68. The summed E-state index contributed by atoms with van der Waals surface area (Å²) in [7, 11) is 1.90. The highest BCUT2D eigenvalue weighted by atomic mass is 14.8. The standard InChI is InChI=1S/C21H23N/c1-5-10-17(6-2)20-13-19(16(3)22-4)14-21(15-20)18-11-8-7-9-12-18/h5-15,22H,3H2,1-2,4H3/b10-5-,17-6+. The molecule has 22 heavy (non-hydrogen) atoms. The first-order chi connectivity index (χ1) is 10.7. The van der Waals surface area contributed by atoms with Gasteiger partial charge in [-0.1, -0.05) is 55.1 Å². The van der Waals surface area contributed by atoms with Gasteiger partial charge in [0.25, 0.3) is 0 Å². The summed E-state index contributed by atoms with van der Waals surface area (Å²) in [6, 6.07) is 17.0. The Balaban J connectivity index is 2.62. The van der Waals surface area contributed by atoms with Crippen molar-refractivity contribution >= 4 is 11.3 Å². The van der Waals surface area contributed by atoms with Crippen molar-refractivity contribution in [3.05, 3.63) is 84.5 Å².